The highest BCUT2D eigenvalue weighted by molar-refractivity contribution is 6.33. The number of amides is 1. The average molecular weight is 228 g/mol. The third kappa shape index (κ3) is 3.22. The smallest absolute Gasteiger partial charge is 0.255 e. The van der Waals surface area contributed by atoms with Gasteiger partial charge in [-0.2, -0.15) is 0 Å². The number of halogens is 1. The second kappa shape index (κ2) is 4.21. The minimum absolute atomic E-state index is 0.457. The van der Waals surface area contributed by atoms with E-state index in [2.05, 4.69) is 5.32 Å². The van der Waals surface area contributed by atoms with E-state index in [1.165, 1.54) is 13.8 Å². The highest BCUT2D eigenvalue weighted by Gasteiger charge is 2.24. The molecule has 1 aromatic rings. The number of carbonyl (C=O) groups is 1. The van der Waals surface area contributed by atoms with Gasteiger partial charge in [0.25, 0.3) is 5.91 Å². The van der Waals surface area contributed by atoms with Gasteiger partial charge in [-0.15, -0.1) is 0 Å². The molecule has 15 heavy (non-hydrogen) atoms. The second-order valence-corrected chi connectivity index (χ2v) is 4.40. The molecular formula is C11H14ClNO2. The van der Waals surface area contributed by atoms with Crippen LogP contribution in [-0.4, -0.2) is 16.6 Å². The molecule has 0 fully saturated rings. The van der Waals surface area contributed by atoms with Crippen molar-refractivity contribution in [1.29, 1.82) is 0 Å². The Hall–Kier alpha value is -1.06. The van der Waals surface area contributed by atoms with Crippen LogP contribution in [0.25, 0.3) is 0 Å². The summed E-state index contributed by atoms with van der Waals surface area (Å²) in [4.78, 5) is 11.5. The number of hydrogen-bond acceptors (Lipinski definition) is 2. The van der Waals surface area contributed by atoms with Crippen LogP contribution in [0.1, 0.15) is 19.4 Å². The fourth-order valence-electron chi connectivity index (χ4n) is 1.01. The molecule has 0 aliphatic rings. The van der Waals surface area contributed by atoms with Crippen LogP contribution in [-0.2, 0) is 4.79 Å². The van der Waals surface area contributed by atoms with E-state index in [-0.39, 0.29) is 0 Å². The summed E-state index contributed by atoms with van der Waals surface area (Å²) in [7, 11) is 0. The van der Waals surface area contributed by atoms with Crippen molar-refractivity contribution in [3.63, 3.8) is 0 Å². The summed E-state index contributed by atoms with van der Waals surface area (Å²) < 4.78 is 0. The average Bonchev–Trinajstić information content (AvgIpc) is 2.09. The monoisotopic (exact) mass is 227 g/mol. The van der Waals surface area contributed by atoms with Crippen molar-refractivity contribution >= 4 is 23.2 Å². The van der Waals surface area contributed by atoms with E-state index in [1.807, 2.05) is 13.0 Å². The Balaban J connectivity index is 2.90. The largest absolute Gasteiger partial charge is 0.381 e. The highest BCUT2D eigenvalue weighted by Crippen LogP contribution is 2.23. The lowest BCUT2D eigenvalue weighted by atomic mass is 10.1. The summed E-state index contributed by atoms with van der Waals surface area (Å²) in [5.41, 5.74) is 0.0989. The summed E-state index contributed by atoms with van der Waals surface area (Å²) in [6.45, 7) is 4.74. The Kier molecular flexibility index (Phi) is 3.37. The molecule has 0 aliphatic heterocycles. The first kappa shape index (κ1) is 12.0. The van der Waals surface area contributed by atoms with Gasteiger partial charge < -0.3 is 10.4 Å². The molecule has 1 rings (SSSR count). The quantitative estimate of drug-likeness (QED) is 0.815. The number of nitrogens with one attached hydrogen (secondary N) is 1. The lowest BCUT2D eigenvalue weighted by molar-refractivity contribution is -0.130. The van der Waals surface area contributed by atoms with Crippen molar-refractivity contribution in [1.82, 2.24) is 0 Å². The molecule has 0 spiro atoms. The number of aliphatic hydroxyl groups is 1. The summed E-state index contributed by atoms with van der Waals surface area (Å²) >= 11 is 5.89. The summed E-state index contributed by atoms with van der Waals surface area (Å²) in [6.07, 6.45) is 0. The third-order valence-electron chi connectivity index (χ3n) is 1.93. The lowest BCUT2D eigenvalue weighted by Crippen LogP contribution is -2.36. The first-order chi connectivity index (χ1) is 6.80. The van der Waals surface area contributed by atoms with Crippen LogP contribution in [0.5, 0.6) is 0 Å². The summed E-state index contributed by atoms with van der Waals surface area (Å²) in [5.74, 6) is -0.477. The van der Waals surface area contributed by atoms with Gasteiger partial charge in [-0.1, -0.05) is 17.7 Å². The first-order valence-electron chi connectivity index (χ1n) is 4.60. The Morgan fingerprint density at radius 1 is 1.47 bits per heavy atom. The van der Waals surface area contributed by atoms with Gasteiger partial charge in [-0.05, 0) is 38.5 Å². The van der Waals surface area contributed by atoms with E-state index in [1.54, 1.807) is 12.1 Å². The minimum Gasteiger partial charge on any atom is -0.381 e. The molecule has 0 aliphatic carbocycles. The van der Waals surface area contributed by atoms with Crippen molar-refractivity contribution in [2.24, 2.45) is 0 Å². The van der Waals surface area contributed by atoms with Crippen molar-refractivity contribution in [3.05, 3.63) is 28.8 Å². The highest BCUT2D eigenvalue weighted by atomic mass is 35.5. The predicted molar refractivity (Wildman–Crippen MR) is 61.1 cm³/mol. The van der Waals surface area contributed by atoms with E-state index in [0.29, 0.717) is 10.7 Å². The SMILES string of the molecule is Cc1ccc(Cl)c(NC(=O)C(C)(C)O)c1. The van der Waals surface area contributed by atoms with Crippen LogP contribution in [0.4, 0.5) is 5.69 Å². The third-order valence-corrected chi connectivity index (χ3v) is 2.26. The molecule has 0 heterocycles. The molecular weight excluding hydrogens is 214 g/mol. The van der Waals surface area contributed by atoms with E-state index in [0.717, 1.165) is 5.56 Å². The Morgan fingerprint density at radius 2 is 2.07 bits per heavy atom. The molecule has 0 radical (unpaired) electrons. The van der Waals surface area contributed by atoms with Gasteiger partial charge in [-0.3, -0.25) is 4.79 Å². The van der Waals surface area contributed by atoms with Crippen molar-refractivity contribution < 1.29 is 9.90 Å². The fraction of sp³-hybridized carbons (Fsp3) is 0.364. The van der Waals surface area contributed by atoms with Gasteiger partial charge in [0.2, 0.25) is 0 Å². The molecule has 1 amide bonds. The van der Waals surface area contributed by atoms with E-state index < -0.39 is 11.5 Å². The number of anilines is 1. The van der Waals surface area contributed by atoms with Gasteiger partial charge in [0, 0.05) is 0 Å². The normalized spacial score (nSPS) is 11.3. The van der Waals surface area contributed by atoms with Gasteiger partial charge >= 0.3 is 0 Å². The zero-order valence-corrected chi connectivity index (χ0v) is 9.72. The Morgan fingerprint density at radius 3 is 2.60 bits per heavy atom. The predicted octanol–water partition coefficient (Wildman–Crippen LogP) is 2.36. The Bertz CT molecular complexity index is 383. The minimum atomic E-state index is -1.41. The van der Waals surface area contributed by atoms with Crippen molar-refractivity contribution in [2.75, 3.05) is 5.32 Å². The van der Waals surface area contributed by atoms with Crippen molar-refractivity contribution in [3.8, 4) is 0 Å². The number of aryl methyl sites for hydroxylation is 1. The molecule has 0 atom stereocenters. The Labute approximate surface area is 94.1 Å². The van der Waals surface area contributed by atoms with Crippen LogP contribution < -0.4 is 5.32 Å². The van der Waals surface area contributed by atoms with Gasteiger partial charge in [0.05, 0.1) is 10.7 Å². The molecule has 4 heteroatoms. The molecule has 1 aromatic carbocycles. The molecule has 0 aromatic heterocycles. The van der Waals surface area contributed by atoms with Crippen LogP contribution in [0.2, 0.25) is 5.02 Å². The zero-order valence-electron chi connectivity index (χ0n) is 8.97. The maximum Gasteiger partial charge on any atom is 0.255 e. The first-order valence-corrected chi connectivity index (χ1v) is 4.98. The topological polar surface area (TPSA) is 49.3 Å². The van der Waals surface area contributed by atoms with Crippen molar-refractivity contribution in [2.45, 2.75) is 26.4 Å². The lowest BCUT2D eigenvalue weighted by Gasteiger charge is -2.17. The van der Waals surface area contributed by atoms with E-state index >= 15 is 0 Å². The van der Waals surface area contributed by atoms with Crippen LogP contribution >= 0.6 is 11.6 Å². The summed E-state index contributed by atoms with van der Waals surface area (Å²) in [6, 6.07) is 5.31. The molecule has 0 unspecified atom stereocenters. The molecule has 82 valence electrons. The second-order valence-electron chi connectivity index (χ2n) is 4.00. The molecule has 0 bridgehead atoms. The number of benzene rings is 1. The molecule has 2 N–H and O–H groups in total. The molecule has 3 nitrogen and oxygen atoms in total. The maximum absolute atomic E-state index is 11.5. The van der Waals surface area contributed by atoms with E-state index in [4.69, 9.17) is 11.6 Å². The summed E-state index contributed by atoms with van der Waals surface area (Å²) in [5, 5.41) is 12.5. The van der Waals surface area contributed by atoms with Gasteiger partial charge in [0.15, 0.2) is 0 Å². The maximum atomic E-state index is 11.5. The van der Waals surface area contributed by atoms with E-state index in [9.17, 15) is 9.90 Å². The van der Waals surface area contributed by atoms with Crippen LogP contribution in [0.15, 0.2) is 18.2 Å². The van der Waals surface area contributed by atoms with Crippen LogP contribution in [0.3, 0.4) is 0 Å². The van der Waals surface area contributed by atoms with Crippen LogP contribution in [0, 0.1) is 6.92 Å². The number of carbonyl (C=O) groups excluding carboxylic acids is 1. The molecule has 0 saturated heterocycles. The number of rotatable bonds is 2. The zero-order chi connectivity index (χ0) is 11.6. The fourth-order valence-corrected chi connectivity index (χ4v) is 1.17. The number of hydrogen-bond donors (Lipinski definition) is 2. The van der Waals surface area contributed by atoms with Gasteiger partial charge in [-0.25, -0.2) is 0 Å². The van der Waals surface area contributed by atoms with Gasteiger partial charge in [0.1, 0.15) is 5.60 Å². The standard InChI is InChI=1S/C11H14ClNO2/c1-7-4-5-8(12)9(6-7)13-10(14)11(2,3)15/h4-6,15H,1-3H3,(H,13,14). The molecule has 0 saturated carbocycles.